The summed E-state index contributed by atoms with van der Waals surface area (Å²) in [4.78, 5) is 11.3. The molecule has 0 spiro atoms. The second-order valence-electron chi connectivity index (χ2n) is 4.31. The molecule has 0 aliphatic rings. The molecule has 1 unspecified atom stereocenters. The van der Waals surface area contributed by atoms with Gasteiger partial charge in [0.05, 0.1) is 0 Å². The molecular weight excluding hydrogens is 323 g/mol. The quantitative estimate of drug-likeness (QED) is 0.279. The molecule has 0 bridgehead atoms. The monoisotopic (exact) mass is 347 g/mol. The Bertz CT molecular complexity index is 264. The molecule has 6 heteroatoms. The summed E-state index contributed by atoms with van der Waals surface area (Å²) in [6.07, 6.45) is 3.53. The van der Waals surface area contributed by atoms with Crippen LogP contribution in [-0.4, -0.2) is 25.8 Å². The first-order valence-electron chi connectivity index (χ1n) is 5.94. The van der Waals surface area contributed by atoms with E-state index in [1.807, 2.05) is 6.92 Å². The van der Waals surface area contributed by atoms with E-state index in [1.54, 1.807) is 6.66 Å². The molecule has 0 N–H and O–H groups in total. The normalized spacial score (nSPS) is 16.2. The van der Waals surface area contributed by atoms with Crippen molar-refractivity contribution < 1.29 is 37.9 Å². The zero-order valence-corrected chi connectivity index (χ0v) is 13.7. The van der Waals surface area contributed by atoms with E-state index in [-0.39, 0.29) is 11.9 Å². The van der Waals surface area contributed by atoms with E-state index in [0.29, 0.717) is 19.6 Å². The van der Waals surface area contributed by atoms with Crippen LogP contribution in [0.1, 0.15) is 39.5 Å². The fourth-order valence-electron chi connectivity index (χ4n) is 1.14. The Morgan fingerprint density at radius 3 is 2.53 bits per heavy atom. The molecule has 4 nitrogen and oxygen atoms in total. The van der Waals surface area contributed by atoms with Gasteiger partial charge in [0, 0.05) is 0 Å². The van der Waals surface area contributed by atoms with E-state index >= 15 is 0 Å². The molecule has 0 saturated carbocycles. The molecule has 2 atom stereocenters. The Labute approximate surface area is 115 Å². The average Bonchev–Trinajstić information content (AvgIpc) is 2.23. The summed E-state index contributed by atoms with van der Waals surface area (Å²) in [5.41, 5.74) is -2.42. The van der Waals surface area contributed by atoms with E-state index in [0.717, 1.165) is 19.3 Å². The molecule has 0 heterocycles. The van der Waals surface area contributed by atoms with Gasteiger partial charge in [0.15, 0.2) is 0 Å². The van der Waals surface area contributed by atoms with E-state index in [1.165, 1.54) is 19.3 Å². The predicted octanol–water partition coefficient (Wildman–Crippen LogP) is 3.13. The molecule has 0 aromatic heterocycles. The fourth-order valence-corrected chi connectivity index (χ4v) is 2.11. The molecule has 0 aliphatic heterocycles. The second-order valence-corrected chi connectivity index (χ2v) is 11.0. The van der Waals surface area contributed by atoms with Crippen molar-refractivity contribution >= 4 is 11.4 Å². The van der Waals surface area contributed by atoms with E-state index < -0.39 is 5.46 Å². The van der Waals surface area contributed by atoms with Crippen LogP contribution in [0.4, 0.5) is 0 Å². The van der Waals surface area contributed by atoms with Gasteiger partial charge in [-0.2, -0.15) is 0 Å². The van der Waals surface area contributed by atoms with Gasteiger partial charge in [-0.15, -0.1) is 0 Å². The predicted molar refractivity (Wildman–Crippen MR) is 63.7 cm³/mol. The minimum atomic E-state index is -2.42. The summed E-state index contributed by atoms with van der Waals surface area (Å²) < 4.78 is 21.6. The maximum absolute atomic E-state index is 11.3. The van der Waals surface area contributed by atoms with Crippen molar-refractivity contribution in [2.75, 3.05) is 19.9 Å². The molecule has 0 saturated heterocycles. The average molecular weight is 345 g/mol. The van der Waals surface area contributed by atoms with Crippen LogP contribution in [0, 0.1) is 5.92 Å². The topological polar surface area (TPSA) is 52.6 Å². The number of carbonyl (C=O) groups is 1. The molecule has 0 rings (SSSR count). The van der Waals surface area contributed by atoms with Crippen LogP contribution in [0.15, 0.2) is 0 Å². The zero-order valence-electron chi connectivity index (χ0n) is 10.8. The molecule has 0 radical (unpaired) electrons. The number of hydrogen-bond donors (Lipinski definition) is 0. The van der Waals surface area contributed by atoms with Gasteiger partial charge < -0.3 is 0 Å². The summed E-state index contributed by atoms with van der Waals surface area (Å²) in [5, 5.41) is 0. The van der Waals surface area contributed by atoms with Crippen LogP contribution in [-0.2, 0) is 37.9 Å². The molecule has 0 amide bonds. The van der Waals surface area contributed by atoms with Crippen LogP contribution in [0.25, 0.3) is 0 Å². The van der Waals surface area contributed by atoms with Gasteiger partial charge in [0.25, 0.3) is 0 Å². The van der Waals surface area contributed by atoms with E-state index in [4.69, 9.17) is 9.26 Å². The third kappa shape index (κ3) is 12.6. The van der Waals surface area contributed by atoms with Crippen LogP contribution >= 0.6 is 5.46 Å². The molecular formula is C11H22MoO4P. The zero-order chi connectivity index (χ0) is 13.3. The molecule has 0 aromatic rings. The third-order valence-electron chi connectivity index (χ3n) is 2.11. The van der Waals surface area contributed by atoms with Gasteiger partial charge in [-0.3, -0.25) is 0 Å². The molecule has 0 aliphatic carbocycles. The summed E-state index contributed by atoms with van der Waals surface area (Å²) in [5.74, 6) is -0.0674. The van der Waals surface area contributed by atoms with E-state index in [9.17, 15) is 9.36 Å². The SMILES string of the molecule is CCCCCC(=O)OC[C@@H](C)CO[P](C)(=O)[Mo]. The Morgan fingerprint density at radius 1 is 1.35 bits per heavy atom. The van der Waals surface area contributed by atoms with Crippen LogP contribution in [0.2, 0.25) is 0 Å². The molecule has 17 heavy (non-hydrogen) atoms. The van der Waals surface area contributed by atoms with Gasteiger partial charge in [0.2, 0.25) is 0 Å². The summed E-state index contributed by atoms with van der Waals surface area (Å²) in [6, 6.07) is 0. The summed E-state index contributed by atoms with van der Waals surface area (Å²) in [7, 11) is 0. The van der Waals surface area contributed by atoms with Gasteiger partial charge >= 0.3 is 115 Å². The van der Waals surface area contributed by atoms with Gasteiger partial charge in [-0.1, -0.05) is 0 Å². The van der Waals surface area contributed by atoms with Gasteiger partial charge in [0.1, 0.15) is 0 Å². The fraction of sp³-hybridized carbons (Fsp3) is 0.909. The molecule has 0 fully saturated rings. The van der Waals surface area contributed by atoms with Crippen LogP contribution in [0.5, 0.6) is 0 Å². The first kappa shape index (κ1) is 17.3. The number of unbranched alkanes of at least 4 members (excludes halogenated alkanes) is 2. The van der Waals surface area contributed by atoms with Crippen LogP contribution < -0.4 is 0 Å². The second kappa shape index (κ2) is 9.30. The van der Waals surface area contributed by atoms with Crippen molar-refractivity contribution in [2.24, 2.45) is 5.92 Å². The van der Waals surface area contributed by atoms with E-state index in [2.05, 4.69) is 6.92 Å². The van der Waals surface area contributed by atoms with Crippen molar-refractivity contribution in [3.8, 4) is 0 Å². The van der Waals surface area contributed by atoms with Gasteiger partial charge in [-0.05, 0) is 0 Å². The number of hydrogen-bond acceptors (Lipinski definition) is 4. The third-order valence-corrected chi connectivity index (χ3v) is 3.50. The summed E-state index contributed by atoms with van der Waals surface area (Å²) in [6.45, 7) is 6.30. The first-order chi connectivity index (χ1) is 7.85. The Morgan fingerprint density at radius 2 is 2.00 bits per heavy atom. The van der Waals surface area contributed by atoms with Crippen molar-refractivity contribution in [1.82, 2.24) is 0 Å². The maximum atomic E-state index is 11.3. The minimum absolute atomic E-state index is 0.0834. The Hall–Kier alpha value is 0.348. The Kier molecular flexibility index (Phi) is 9.49. The number of rotatable bonds is 9. The summed E-state index contributed by atoms with van der Waals surface area (Å²) >= 11 is 1.51. The number of ether oxygens (including phenoxy) is 1. The van der Waals surface area contributed by atoms with Crippen LogP contribution in [0.3, 0.4) is 0 Å². The van der Waals surface area contributed by atoms with Crippen molar-refractivity contribution in [1.29, 1.82) is 0 Å². The molecule has 0 aromatic carbocycles. The first-order valence-corrected chi connectivity index (χ1v) is 10.6. The van der Waals surface area contributed by atoms with Crippen molar-refractivity contribution in [3.63, 3.8) is 0 Å². The van der Waals surface area contributed by atoms with Crippen molar-refractivity contribution in [3.05, 3.63) is 0 Å². The number of carbonyl (C=O) groups excluding carboxylic acids is 1. The van der Waals surface area contributed by atoms with Crippen molar-refractivity contribution in [2.45, 2.75) is 39.5 Å². The molecule has 101 valence electrons. The Balaban J connectivity index is 3.59. The standard InChI is InChI=1S/C11H22O4P.Mo/c1-4-5-6-7-11(12)14-8-10(2)9-15-16(3)13;/h10H,4-9H2,1-3H3;/q+1;-1/t10-;/m1./s1. The number of esters is 1. The van der Waals surface area contributed by atoms with Gasteiger partial charge in [-0.25, -0.2) is 0 Å².